The summed E-state index contributed by atoms with van der Waals surface area (Å²) < 4.78 is 25.9. The molecule has 0 bridgehead atoms. The first-order valence-electron chi connectivity index (χ1n) is 9.08. The number of methoxy groups -OCH3 is 2. The third-order valence-corrected chi connectivity index (χ3v) is 5.57. The fourth-order valence-corrected chi connectivity index (χ4v) is 4.01. The monoisotopic (exact) mass is 423 g/mol. The number of anilines is 1. The van der Waals surface area contributed by atoms with Crippen LogP contribution in [0.4, 0.5) is 9.52 Å². The van der Waals surface area contributed by atoms with Gasteiger partial charge in [-0.1, -0.05) is 29.5 Å². The molecule has 2 heterocycles. The number of carbonyl (C=O) groups excluding carboxylic acids is 1. The standard InChI is InChI=1S/C22H18FN3O3S/c1-28-18-10-17-20(11-19(18)29-2)30-22(25-17)26(13-14-6-5-9-24-12-14)21(27)15-7-3-4-8-16(15)23/h3-12H,13H2,1-2H3. The Hall–Kier alpha value is -3.52. The van der Waals surface area contributed by atoms with Crippen molar-refractivity contribution in [1.29, 1.82) is 0 Å². The van der Waals surface area contributed by atoms with Crippen molar-refractivity contribution < 1.29 is 18.7 Å². The third-order valence-electron chi connectivity index (χ3n) is 4.53. The van der Waals surface area contributed by atoms with Gasteiger partial charge in [-0.3, -0.25) is 14.7 Å². The van der Waals surface area contributed by atoms with Gasteiger partial charge >= 0.3 is 0 Å². The number of carbonyl (C=O) groups is 1. The van der Waals surface area contributed by atoms with Crippen molar-refractivity contribution in [2.24, 2.45) is 0 Å². The van der Waals surface area contributed by atoms with E-state index in [1.807, 2.05) is 12.1 Å². The van der Waals surface area contributed by atoms with E-state index < -0.39 is 11.7 Å². The molecule has 4 aromatic rings. The number of hydrogen-bond acceptors (Lipinski definition) is 6. The van der Waals surface area contributed by atoms with Gasteiger partial charge in [0.25, 0.3) is 5.91 Å². The molecule has 6 nitrogen and oxygen atoms in total. The molecule has 0 spiro atoms. The Balaban J connectivity index is 1.81. The van der Waals surface area contributed by atoms with Gasteiger partial charge in [-0.05, 0) is 23.8 Å². The van der Waals surface area contributed by atoms with Gasteiger partial charge in [0.15, 0.2) is 16.6 Å². The molecule has 0 fully saturated rings. The van der Waals surface area contributed by atoms with Gasteiger partial charge in [0.1, 0.15) is 5.82 Å². The summed E-state index contributed by atoms with van der Waals surface area (Å²) in [7, 11) is 3.11. The van der Waals surface area contributed by atoms with Crippen LogP contribution in [0, 0.1) is 5.82 Å². The fraction of sp³-hybridized carbons (Fsp3) is 0.136. The van der Waals surface area contributed by atoms with Crippen LogP contribution in [0.3, 0.4) is 0 Å². The van der Waals surface area contributed by atoms with Gasteiger partial charge in [-0.25, -0.2) is 9.37 Å². The summed E-state index contributed by atoms with van der Waals surface area (Å²) in [4.78, 5) is 23.5. The highest BCUT2D eigenvalue weighted by Crippen LogP contribution is 2.38. The van der Waals surface area contributed by atoms with Crippen LogP contribution in [-0.2, 0) is 6.54 Å². The Labute approximate surface area is 176 Å². The van der Waals surface area contributed by atoms with Gasteiger partial charge < -0.3 is 9.47 Å². The van der Waals surface area contributed by atoms with E-state index in [9.17, 15) is 9.18 Å². The maximum Gasteiger partial charge on any atom is 0.263 e. The molecule has 0 unspecified atom stereocenters. The highest BCUT2D eigenvalue weighted by Gasteiger charge is 2.24. The minimum atomic E-state index is -0.580. The lowest BCUT2D eigenvalue weighted by atomic mass is 10.1. The Morgan fingerprint density at radius 1 is 1.10 bits per heavy atom. The van der Waals surface area contributed by atoms with Gasteiger partial charge in [0.05, 0.1) is 36.5 Å². The predicted molar refractivity (Wildman–Crippen MR) is 114 cm³/mol. The van der Waals surface area contributed by atoms with Crippen molar-refractivity contribution in [3.8, 4) is 11.5 Å². The van der Waals surface area contributed by atoms with Crippen molar-refractivity contribution in [2.45, 2.75) is 6.54 Å². The van der Waals surface area contributed by atoms with Gasteiger partial charge in [-0.2, -0.15) is 0 Å². The SMILES string of the molecule is COc1cc2nc(N(Cc3cccnc3)C(=O)c3ccccc3F)sc2cc1OC. The van der Waals surface area contributed by atoms with E-state index in [1.165, 1.54) is 28.4 Å². The number of hydrogen-bond donors (Lipinski definition) is 0. The molecule has 4 rings (SSSR count). The van der Waals surface area contributed by atoms with Crippen LogP contribution in [-0.4, -0.2) is 30.1 Å². The molecule has 0 saturated carbocycles. The van der Waals surface area contributed by atoms with E-state index in [4.69, 9.17) is 9.47 Å². The van der Waals surface area contributed by atoms with Crippen molar-refractivity contribution in [2.75, 3.05) is 19.1 Å². The summed E-state index contributed by atoms with van der Waals surface area (Å²) in [6, 6.07) is 13.1. The molecule has 8 heteroatoms. The summed E-state index contributed by atoms with van der Waals surface area (Å²) in [6.45, 7) is 0.203. The highest BCUT2D eigenvalue weighted by molar-refractivity contribution is 7.22. The number of ether oxygens (including phenoxy) is 2. The number of aromatic nitrogens is 2. The molecule has 0 atom stereocenters. The third kappa shape index (κ3) is 3.81. The molecular formula is C22H18FN3O3S. The molecule has 0 aliphatic heterocycles. The summed E-state index contributed by atoms with van der Waals surface area (Å²) in [6.07, 6.45) is 3.32. The summed E-state index contributed by atoms with van der Waals surface area (Å²) in [5, 5.41) is 0.442. The van der Waals surface area contributed by atoms with E-state index in [1.54, 1.807) is 50.9 Å². The second-order valence-corrected chi connectivity index (χ2v) is 7.41. The normalized spacial score (nSPS) is 10.8. The zero-order valence-corrected chi connectivity index (χ0v) is 17.1. The second-order valence-electron chi connectivity index (χ2n) is 6.40. The zero-order valence-electron chi connectivity index (χ0n) is 16.3. The van der Waals surface area contributed by atoms with E-state index in [2.05, 4.69) is 9.97 Å². The Morgan fingerprint density at radius 3 is 2.57 bits per heavy atom. The van der Waals surface area contributed by atoms with E-state index in [-0.39, 0.29) is 12.1 Å². The molecule has 0 aliphatic carbocycles. The quantitative estimate of drug-likeness (QED) is 0.450. The maximum absolute atomic E-state index is 14.3. The first-order chi connectivity index (χ1) is 14.6. The smallest absolute Gasteiger partial charge is 0.263 e. The zero-order chi connectivity index (χ0) is 21.1. The fourth-order valence-electron chi connectivity index (χ4n) is 3.04. The average Bonchev–Trinajstić information content (AvgIpc) is 3.19. The second kappa shape index (κ2) is 8.46. The molecular weight excluding hydrogens is 405 g/mol. The molecule has 0 aliphatic rings. The first-order valence-corrected chi connectivity index (χ1v) is 9.90. The lowest BCUT2D eigenvalue weighted by Gasteiger charge is -2.20. The summed E-state index contributed by atoms with van der Waals surface area (Å²) >= 11 is 1.32. The van der Waals surface area contributed by atoms with Crippen LogP contribution in [0.2, 0.25) is 0 Å². The van der Waals surface area contributed by atoms with Gasteiger partial charge in [-0.15, -0.1) is 0 Å². The van der Waals surface area contributed by atoms with Crippen LogP contribution in [0.5, 0.6) is 11.5 Å². The van der Waals surface area contributed by atoms with Crippen LogP contribution >= 0.6 is 11.3 Å². The Bertz CT molecular complexity index is 1160. The first kappa shape index (κ1) is 19.8. The minimum absolute atomic E-state index is 0.0178. The minimum Gasteiger partial charge on any atom is -0.493 e. The number of amides is 1. The van der Waals surface area contributed by atoms with Crippen molar-refractivity contribution in [3.05, 3.63) is 77.9 Å². The van der Waals surface area contributed by atoms with Gasteiger partial charge in [0.2, 0.25) is 0 Å². The Kier molecular flexibility index (Phi) is 5.58. The van der Waals surface area contributed by atoms with E-state index in [0.717, 1.165) is 10.3 Å². The van der Waals surface area contributed by atoms with Crippen LogP contribution in [0.25, 0.3) is 10.2 Å². The summed E-state index contributed by atoms with van der Waals surface area (Å²) in [5.74, 6) is 0.0543. The van der Waals surface area contributed by atoms with Crippen LogP contribution < -0.4 is 14.4 Å². The molecule has 1 amide bonds. The molecule has 0 N–H and O–H groups in total. The van der Waals surface area contributed by atoms with Crippen LogP contribution in [0.15, 0.2) is 60.9 Å². The largest absolute Gasteiger partial charge is 0.493 e. The summed E-state index contributed by atoms with van der Waals surface area (Å²) in [5.41, 5.74) is 1.44. The number of pyridine rings is 1. The Morgan fingerprint density at radius 2 is 1.87 bits per heavy atom. The van der Waals surface area contributed by atoms with E-state index >= 15 is 0 Å². The van der Waals surface area contributed by atoms with E-state index in [0.29, 0.717) is 22.1 Å². The number of nitrogens with zero attached hydrogens (tertiary/aromatic N) is 3. The maximum atomic E-state index is 14.3. The topological polar surface area (TPSA) is 64.5 Å². The van der Waals surface area contributed by atoms with Crippen molar-refractivity contribution >= 4 is 32.6 Å². The number of halogens is 1. The molecule has 2 aromatic heterocycles. The average molecular weight is 423 g/mol. The number of rotatable bonds is 6. The number of thiazole rings is 1. The number of fused-ring (bicyclic) bond motifs is 1. The number of benzene rings is 2. The van der Waals surface area contributed by atoms with Gasteiger partial charge in [0, 0.05) is 24.5 Å². The molecule has 0 radical (unpaired) electrons. The van der Waals surface area contributed by atoms with Crippen LogP contribution in [0.1, 0.15) is 15.9 Å². The molecule has 152 valence electrons. The lowest BCUT2D eigenvalue weighted by molar-refractivity contribution is 0.0981. The predicted octanol–water partition coefficient (Wildman–Crippen LogP) is 4.69. The molecule has 2 aromatic carbocycles. The molecule has 0 saturated heterocycles. The van der Waals surface area contributed by atoms with Crippen molar-refractivity contribution in [3.63, 3.8) is 0 Å². The lowest BCUT2D eigenvalue weighted by Crippen LogP contribution is -2.31. The van der Waals surface area contributed by atoms with Crippen molar-refractivity contribution in [1.82, 2.24) is 9.97 Å². The highest BCUT2D eigenvalue weighted by atomic mass is 32.1. The molecule has 30 heavy (non-hydrogen) atoms.